The number of fused-ring (bicyclic) bond motifs is 2. The normalized spacial score (nSPS) is 17.7. The minimum Gasteiger partial charge on any atom is -0.497 e. The van der Waals surface area contributed by atoms with Gasteiger partial charge in [0.1, 0.15) is 52.9 Å². The number of methoxy groups -OCH3 is 2. The van der Waals surface area contributed by atoms with Crippen molar-refractivity contribution in [1.82, 2.24) is 15.0 Å². The molecule has 2 fully saturated rings. The van der Waals surface area contributed by atoms with Gasteiger partial charge in [0.2, 0.25) is 0 Å². The molecular formula is C41H45N5O6. The first kappa shape index (κ1) is 35.0. The summed E-state index contributed by atoms with van der Waals surface area (Å²) in [5, 5.41) is 4.33. The van der Waals surface area contributed by atoms with Crippen LogP contribution in [-0.2, 0) is 22.6 Å². The van der Waals surface area contributed by atoms with Gasteiger partial charge in [0.15, 0.2) is 0 Å². The Morgan fingerprint density at radius 3 is 2.42 bits per heavy atom. The second kappa shape index (κ2) is 14.3. The Hall–Kier alpha value is -5.42. The SMILES string of the molecule is COc1ccc(CN(C(=O)OC(C)(C)C)c2ncnc3c(-c4c(C)ccc(OCc5ccccc5)c4C)nc(NC4[C@H]5COC[C@@H]45)cc23)c(OC)c1. The summed E-state index contributed by atoms with van der Waals surface area (Å²) in [6.45, 7) is 11.6. The summed E-state index contributed by atoms with van der Waals surface area (Å²) in [5.41, 5.74) is 5.17. The van der Waals surface area contributed by atoms with Crippen LogP contribution in [0.1, 0.15) is 43.0 Å². The Bertz CT molecular complexity index is 2090. The number of amides is 1. The minimum atomic E-state index is -0.762. The van der Waals surface area contributed by atoms with Gasteiger partial charge in [-0.15, -0.1) is 0 Å². The number of carbonyl (C=O) groups excluding carboxylic acids is 1. The van der Waals surface area contributed by atoms with E-state index in [2.05, 4.69) is 12.2 Å². The summed E-state index contributed by atoms with van der Waals surface area (Å²) >= 11 is 0. The summed E-state index contributed by atoms with van der Waals surface area (Å²) in [5.74, 6) is 3.88. The van der Waals surface area contributed by atoms with Crippen LogP contribution in [0, 0.1) is 25.7 Å². The van der Waals surface area contributed by atoms with E-state index in [1.807, 2.05) is 88.4 Å². The number of aryl methyl sites for hydroxylation is 1. The molecule has 3 heterocycles. The Labute approximate surface area is 304 Å². The predicted molar refractivity (Wildman–Crippen MR) is 200 cm³/mol. The average Bonchev–Trinajstić information content (AvgIpc) is 3.52. The Balaban J connectivity index is 1.38. The van der Waals surface area contributed by atoms with Crippen LogP contribution in [0.2, 0.25) is 0 Å². The summed E-state index contributed by atoms with van der Waals surface area (Å²) in [7, 11) is 3.19. The molecular weight excluding hydrogens is 658 g/mol. The molecule has 0 bridgehead atoms. The van der Waals surface area contributed by atoms with E-state index in [0.29, 0.717) is 58.2 Å². The van der Waals surface area contributed by atoms with Gasteiger partial charge in [0.25, 0.3) is 0 Å². The molecule has 5 aromatic rings. The van der Waals surface area contributed by atoms with Crippen molar-refractivity contribution >= 4 is 28.6 Å². The zero-order valence-corrected chi connectivity index (χ0v) is 30.7. The van der Waals surface area contributed by atoms with E-state index < -0.39 is 11.7 Å². The summed E-state index contributed by atoms with van der Waals surface area (Å²) in [4.78, 5) is 30.5. The number of hydrogen-bond donors (Lipinski definition) is 1. The maximum absolute atomic E-state index is 14.1. The van der Waals surface area contributed by atoms with Gasteiger partial charge < -0.3 is 29.0 Å². The lowest BCUT2D eigenvalue weighted by Gasteiger charge is -2.28. The second-order valence-electron chi connectivity index (χ2n) is 14.4. The third-order valence-electron chi connectivity index (χ3n) is 9.66. The molecule has 11 nitrogen and oxygen atoms in total. The van der Waals surface area contributed by atoms with Crippen molar-refractivity contribution in [3.63, 3.8) is 0 Å². The number of carbonyl (C=O) groups is 1. The van der Waals surface area contributed by atoms with Gasteiger partial charge in [-0.05, 0) is 70.0 Å². The van der Waals surface area contributed by atoms with Crippen molar-refractivity contribution in [1.29, 1.82) is 0 Å². The lowest BCUT2D eigenvalue weighted by molar-refractivity contribution is 0.0576. The number of nitrogens with zero attached hydrogens (tertiary/aromatic N) is 4. The quantitative estimate of drug-likeness (QED) is 0.146. The number of anilines is 2. The summed E-state index contributed by atoms with van der Waals surface area (Å²) < 4.78 is 29.2. The van der Waals surface area contributed by atoms with E-state index >= 15 is 0 Å². The van der Waals surface area contributed by atoms with Crippen molar-refractivity contribution < 1.29 is 28.5 Å². The van der Waals surface area contributed by atoms with Crippen LogP contribution in [0.4, 0.5) is 16.4 Å². The van der Waals surface area contributed by atoms with Crippen LogP contribution in [0.5, 0.6) is 17.2 Å². The van der Waals surface area contributed by atoms with Gasteiger partial charge in [0, 0.05) is 46.0 Å². The van der Waals surface area contributed by atoms with Crippen molar-refractivity contribution in [2.24, 2.45) is 11.8 Å². The van der Waals surface area contributed by atoms with E-state index in [0.717, 1.165) is 46.8 Å². The lowest BCUT2D eigenvalue weighted by Crippen LogP contribution is -2.37. The topological polar surface area (TPSA) is 117 Å². The molecule has 3 atom stereocenters. The molecule has 1 N–H and O–H groups in total. The second-order valence-corrected chi connectivity index (χ2v) is 14.4. The maximum atomic E-state index is 14.1. The van der Waals surface area contributed by atoms with Crippen molar-refractivity contribution in [2.45, 2.75) is 59.4 Å². The number of pyridine rings is 1. The molecule has 0 radical (unpaired) electrons. The van der Waals surface area contributed by atoms with Crippen LogP contribution >= 0.6 is 0 Å². The number of benzene rings is 3. The molecule has 11 heteroatoms. The fraction of sp³-hybridized carbons (Fsp3) is 0.366. The Morgan fingerprint density at radius 2 is 1.71 bits per heavy atom. The van der Waals surface area contributed by atoms with Crippen LogP contribution in [0.15, 0.2) is 73.1 Å². The molecule has 2 aliphatic rings. The van der Waals surface area contributed by atoms with Gasteiger partial charge >= 0.3 is 6.09 Å². The van der Waals surface area contributed by atoms with Gasteiger partial charge in [-0.3, -0.25) is 4.90 Å². The Morgan fingerprint density at radius 1 is 0.942 bits per heavy atom. The smallest absolute Gasteiger partial charge is 0.416 e. The number of rotatable bonds is 11. The van der Waals surface area contributed by atoms with Crippen LogP contribution < -0.4 is 24.4 Å². The molecule has 3 aromatic carbocycles. The van der Waals surface area contributed by atoms with Crippen LogP contribution in [-0.4, -0.2) is 60.1 Å². The third-order valence-corrected chi connectivity index (χ3v) is 9.66. The largest absolute Gasteiger partial charge is 0.497 e. The highest BCUT2D eigenvalue weighted by molar-refractivity contribution is 6.04. The zero-order chi connectivity index (χ0) is 36.6. The molecule has 1 amide bonds. The molecule has 1 saturated heterocycles. The van der Waals surface area contributed by atoms with Gasteiger partial charge in [-0.25, -0.2) is 19.7 Å². The molecule has 1 unspecified atom stereocenters. The minimum absolute atomic E-state index is 0.111. The molecule has 270 valence electrons. The van der Waals surface area contributed by atoms with E-state index in [-0.39, 0.29) is 12.6 Å². The zero-order valence-electron chi connectivity index (χ0n) is 30.7. The van der Waals surface area contributed by atoms with Gasteiger partial charge in [-0.1, -0.05) is 36.4 Å². The molecule has 1 saturated carbocycles. The van der Waals surface area contributed by atoms with E-state index in [4.69, 9.17) is 38.6 Å². The molecule has 7 rings (SSSR count). The summed E-state index contributed by atoms with van der Waals surface area (Å²) in [6.07, 6.45) is 0.914. The monoisotopic (exact) mass is 703 g/mol. The Kier molecular flexibility index (Phi) is 9.63. The number of hydrogen-bond acceptors (Lipinski definition) is 10. The average molecular weight is 704 g/mol. The highest BCUT2D eigenvalue weighted by atomic mass is 16.6. The fourth-order valence-electron chi connectivity index (χ4n) is 6.92. The molecule has 52 heavy (non-hydrogen) atoms. The van der Waals surface area contributed by atoms with E-state index in [1.165, 1.54) is 11.2 Å². The van der Waals surface area contributed by atoms with Crippen LogP contribution in [0.25, 0.3) is 22.2 Å². The van der Waals surface area contributed by atoms with Gasteiger partial charge in [0.05, 0.1) is 39.7 Å². The molecule has 1 aliphatic carbocycles. The van der Waals surface area contributed by atoms with E-state index in [1.54, 1.807) is 20.3 Å². The van der Waals surface area contributed by atoms with Crippen molar-refractivity contribution in [3.05, 3.63) is 95.3 Å². The van der Waals surface area contributed by atoms with Crippen LogP contribution in [0.3, 0.4) is 0 Å². The number of aromatic nitrogens is 3. The lowest BCUT2D eigenvalue weighted by atomic mass is 9.97. The summed E-state index contributed by atoms with van der Waals surface area (Å²) in [6, 6.07) is 21.8. The first-order valence-corrected chi connectivity index (χ1v) is 17.5. The first-order chi connectivity index (χ1) is 25.0. The molecule has 2 aromatic heterocycles. The first-order valence-electron chi connectivity index (χ1n) is 17.5. The van der Waals surface area contributed by atoms with Crippen molar-refractivity contribution in [2.75, 3.05) is 37.7 Å². The number of nitrogens with one attached hydrogen (secondary N) is 1. The fourth-order valence-corrected chi connectivity index (χ4v) is 6.92. The maximum Gasteiger partial charge on any atom is 0.416 e. The molecule has 1 aliphatic heterocycles. The predicted octanol–water partition coefficient (Wildman–Crippen LogP) is 7.90. The standard InChI is InChI=1S/C41H45N5O6/c1-24-13-16-32(51-20-26-11-9-8-10-12-26)25(2)35(24)38-37-29(18-34(45-38)44-36-30-21-50-22-31(30)36)39(43-23-42-37)46(40(47)52-41(3,4)5)19-27-14-15-28(48-6)17-33(27)49-7/h8-18,23,30-31,36H,19-22H2,1-7H3,(H,44,45)/t30-,31+,36?. The van der Waals surface area contributed by atoms with Crippen molar-refractivity contribution in [3.8, 4) is 28.5 Å². The van der Waals surface area contributed by atoms with Gasteiger partial charge in [-0.2, -0.15) is 0 Å². The molecule has 0 spiro atoms. The van der Waals surface area contributed by atoms with E-state index in [9.17, 15) is 4.79 Å². The highest BCUT2D eigenvalue weighted by Gasteiger charge is 2.54. The third kappa shape index (κ3) is 7.18. The number of ether oxygens (including phenoxy) is 5. The highest BCUT2D eigenvalue weighted by Crippen LogP contribution is 2.47.